The molecule has 138 valence electrons. The molecule has 0 aliphatic carbocycles. The van der Waals surface area contributed by atoms with Gasteiger partial charge >= 0.3 is 0 Å². The third kappa shape index (κ3) is 4.56. The Morgan fingerprint density at radius 3 is 2.38 bits per heavy atom. The molecule has 0 atom stereocenters. The highest BCUT2D eigenvalue weighted by Crippen LogP contribution is 2.26. The third-order valence-corrected chi connectivity index (χ3v) is 5.54. The number of carbonyl (C=O) groups excluding carboxylic acids is 1. The molecule has 2 aromatic rings. The summed E-state index contributed by atoms with van der Waals surface area (Å²) in [5.41, 5.74) is 2.14. The topological polar surface area (TPSA) is 57.7 Å². The van der Waals surface area contributed by atoms with Crippen molar-refractivity contribution in [3.63, 3.8) is 0 Å². The van der Waals surface area contributed by atoms with E-state index >= 15 is 0 Å². The SMILES string of the molecule is CS(=O)(=O)Cc1cccc(C(=O)N2CCN(c3ccccc3Cl)CC2)c1. The van der Waals surface area contributed by atoms with Gasteiger partial charge in [-0.25, -0.2) is 8.42 Å². The van der Waals surface area contributed by atoms with Crippen molar-refractivity contribution in [3.05, 3.63) is 64.7 Å². The minimum absolute atomic E-state index is 0.0611. The number of amides is 1. The molecule has 1 aliphatic heterocycles. The predicted molar refractivity (Wildman–Crippen MR) is 105 cm³/mol. The van der Waals surface area contributed by atoms with E-state index in [1.165, 1.54) is 6.26 Å². The maximum Gasteiger partial charge on any atom is 0.253 e. The molecule has 3 rings (SSSR count). The Bertz CT molecular complexity index is 907. The van der Waals surface area contributed by atoms with Crippen LogP contribution >= 0.6 is 11.6 Å². The molecule has 2 aromatic carbocycles. The number of anilines is 1. The van der Waals surface area contributed by atoms with Crippen LogP contribution in [0.4, 0.5) is 5.69 Å². The summed E-state index contributed by atoms with van der Waals surface area (Å²) in [7, 11) is -3.13. The second-order valence-electron chi connectivity index (χ2n) is 6.50. The highest BCUT2D eigenvalue weighted by atomic mass is 35.5. The quantitative estimate of drug-likeness (QED) is 0.802. The van der Waals surface area contributed by atoms with Crippen LogP contribution in [0.2, 0.25) is 5.02 Å². The lowest BCUT2D eigenvalue weighted by Gasteiger charge is -2.36. The number of rotatable bonds is 4. The first kappa shape index (κ1) is 18.7. The van der Waals surface area contributed by atoms with Gasteiger partial charge in [-0.2, -0.15) is 0 Å². The summed E-state index contributed by atoms with van der Waals surface area (Å²) < 4.78 is 22.9. The molecule has 0 spiro atoms. The normalized spacial score (nSPS) is 15.2. The first-order valence-electron chi connectivity index (χ1n) is 8.39. The van der Waals surface area contributed by atoms with Gasteiger partial charge in [-0.1, -0.05) is 35.9 Å². The Morgan fingerprint density at radius 2 is 1.73 bits per heavy atom. The maximum absolute atomic E-state index is 12.8. The summed E-state index contributed by atoms with van der Waals surface area (Å²) in [6.45, 7) is 2.61. The molecule has 1 aliphatic rings. The monoisotopic (exact) mass is 392 g/mol. The summed E-state index contributed by atoms with van der Waals surface area (Å²) in [5, 5.41) is 0.709. The Hall–Kier alpha value is -2.05. The lowest BCUT2D eigenvalue weighted by molar-refractivity contribution is 0.0746. The smallest absolute Gasteiger partial charge is 0.253 e. The van der Waals surface area contributed by atoms with Crippen LogP contribution in [0, 0.1) is 0 Å². The Morgan fingerprint density at radius 1 is 1.04 bits per heavy atom. The lowest BCUT2D eigenvalue weighted by atomic mass is 10.1. The van der Waals surface area contributed by atoms with Crippen molar-refractivity contribution in [1.29, 1.82) is 0 Å². The van der Waals surface area contributed by atoms with Crippen LogP contribution in [-0.2, 0) is 15.6 Å². The highest BCUT2D eigenvalue weighted by molar-refractivity contribution is 7.89. The Balaban J connectivity index is 1.67. The van der Waals surface area contributed by atoms with Gasteiger partial charge in [-0.05, 0) is 29.8 Å². The molecule has 0 saturated carbocycles. The summed E-state index contributed by atoms with van der Waals surface area (Å²) in [6, 6.07) is 14.6. The zero-order chi connectivity index (χ0) is 18.7. The van der Waals surface area contributed by atoms with E-state index in [0.29, 0.717) is 42.3 Å². The lowest BCUT2D eigenvalue weighted by Crippen LogP contribution is -2.48. The minimum atomic E-state index is -3.13. The van der Waals surface area contributed by atoms with Crippen molar-refractivity contribution in [2.75, 3.05) is 37.3 Å². The molecule has 7 heteroatoms. The van der Waals surface area contributed by atoms with Gasteiger partial charge in [0.2, 0.25) is 0 Å². The van der Waals surface area contributed by atoms with E-state index in [0.717, 1.165) is 5.69 Å². The van der Waals surface area contributed by atoms with E-state index in [1.807, 2.05) is 24.3 Å². The second kappa shape index (κ2) is 7.68. The molecular weight excluding hydrogens is 372 g/mol. The van der Waals surface area contributed by atoms with E-state index in [-0.39, 0.29) is 11.7 Å². The van der Waals surface area contributed by atoms with Crippen LogP contribution in [-0.4, -0.2) is 51.7 Å². The van der Waals surface area contributed by atoms with Gasteiger partial charge in [0.15, 0.2) is 9.84 Å². The molecule has 0 aromatic heterocycles. The van der Waals surface area contributed by atoms with Crippen molar-refractivity contribution in [3.8, 4) is 0 Å². The second-order valence-corrected chi connectivity index (χ2v) is 9.05. The molecule has 26 heavy (non-hydrogen) atoms. The molecule has 1 amide bonds. The number of sulfone groups is 1. The molecule has 0 unspecified atom stereocenters. The standard InChI is InChI=1S/C19H21ClN2O3S/c1-26(24,25)14-15-5-4-6-16(13-15)19(23)22-11-9-21(10-12-22)18-8-3-2-7-17(18)20/h2-8,13H,9-12,14H2,1H3. The van der Waals surface area contributed by atoms with Crippen molar-refractivity contribution in [2.45, 2.75) is 5.75 Å². The Labute approximate surface area is 159 Å². The van der Waals surface area contributed by atoms with E-state index < -0.39 is 9.84 Å². The van der Waals surface area contributed by atoms with E-state index in [1.54, 1.807) is 29.2 Å². The van der Waals surface area contributed by atoms with Gasteiger partial charge in [-0.15, -0.1) is 0 Å². The van der Waals surface area contributed by atoms with Crippen LogP contribution in [0.1, 0.15) is 15.9 Å². The number of nitrogens with zero attached hydrogens (tertiary/aromatic N) is 2. The molecule has 1 heterocycles. The zero-order valence-corrected chi connectivity index (χ0v) is 16.1. The van der Waals surface area contributed by atoms with Gasteiger partial charge < -0.3 is 9.80 Å². The van der Waals surface area contributed by atoms with Crippen molar-refractivity contribution in [2.24, 2.45) is 0 Å². The zero-order valence-electron chi connectivity index (χ0n) is 14.6. The molecular formula is C19H21ClN2O3S. The third-order valence-electron chi connectivity index (χ3n) is 4.36. The van der Waals surface area contributed by atoms with Gasteiger partial charge in [-0.3, -0.25) is 4.79 Å². The fraction of sp³-hybridized carbons (Fsp3) is 0.316. The van der Waals surface area contributed by atoms with Crippen LogP contribution in [0.25, 0.3) is 0 Å². The van der Waals surface area contributed by atoms with Crippen LogP contribution in [0.15, 0.2) is 48.5 Å². The first-order chi connectivity index (χ1) is 12.3. The highest BCUT2D eigenvalue weighted by Gasteiger charge is 2.23. The summed E-state index contributed by atoms with van der Waals surface area (Å²) in [5.74, 6) is -0.131. The largest absolute Gasteiger partial charge is 0.367 e. The summed E-state index contributed by atoms with van der Waals surface area (Å²) in [4.78, 5) is 16.7. The fourth-order valence-electron chi connectivity index (χ4n) is 3.14. The molecule has 1 fully saturated rings. The van der Waals surface area contributed by atoms with Gasteiger partial charge in [0.25, 0.3) is 5.91 Å². The minimum Gasteiger partial charge on any atom is -0.367 e. The average molecular weight is 393 g/mol. The van der Waals surface area contributed by atoms with Gasteiger partial charge in [0.05, 0.1) is 16.5 Å². The Kier molecular flexibility index (Phi) is 5.53. The molecule has 0 radical (unpaired) electrons. The number of hydrogen-bond acceptors (Lipinski definition) is 4. The summed E-state index contributed by atoms with van der Waals surface area (Å²) in [6.07, 6.45) is 1.19. The number of carbonyl (C=O) groups is 1. The number of benzene rings is 2. The van der Waals surface area contributed by atoms with E-state index in [9.17, 15) is 13.2 Å². The molecule has 1 saturated heterocycles. The van der Waals surface area contributed by atoms with Crippen LogP contribution < -0.4 is 4.90 Å². The van der Waals surface area contributed by atoms with Crippen molar-refractivity contribution >= 4 is 33.0 Å². The number of para-hydroxylation sites is 1. The fourth-order valence-corrected chi connectivity index (χ4v) is 4.18. The van der Waals surface area contributed by atoms with Crippen molar-refractivity contribution in [1.82, 2.24) is 4.90 Å². The first-order valence-corrected chi connectivity index (χ1v) is 10.8. The van der Waals surface area contributed by atoms with E-state index in [4.69, 9.17) is 11.6 Å². The molecule has 0 N–H and O–H groups in total. The number of halogens is 1. The predicted octanol–water partition coefficient (Wildman–Crippen LogP) is 2.85. The van der Waals surface area contributed by atoms with E-state index in [2.05, 4.69) is 4.90 Å². The average Bonchev–Trinajstić information content (AvgIpc) is 2.60. The van der Waals surface area contributed by atoms with Gasteiger partial charge in [0.1, 0.15) is 0 Å². The van der Waals surface area contributed by atoms with Crippen LogP contribution in [0.5, 0.6) is 0 Å². The molecule has 0 bridgehead atoms. The number of hydrogen-bond donors (Lipinski definition) is 0. The molecule has 5 nitrogen and oxygen atoms in total. The summed E-state index contributed by atoms with van der Waals surface area (Å²) >= 11 is 6.25. The van der Waals surface area contributed by atoms with Crippen molar-refractivity contribution < 1.29 is 13.2 Å². The number of piperazine rings is 1. The maximum atomic E-state index is 12.8. The van der Waals surface area contributed by atoms with Gasteiger partial charge in [0, 0.05) is 38.0 Å². The van der Waals surface area contributed by atoms with Crippen LogP contribution in [0.3, 0.4) is 0 Å².